The van der Waals surface area contributed by atoms with E-state index in [1.807, 2.05) is 22.9 Å². The van der Waals surface area contributed by atoms with Gasteiger partial charge in [-0.25, -0.2) is 4.68 Å². The molecule has 0 saturated carbocycles. The normalized spacial score (nSPS) is 11.8. The third-order valence-electron chi connectivity index (χ3n) is 2.83. The lowest BCUT2D eigenvalue weighted by molar-refractivity contribution is 0.546. The molecule has 0 aliphatic carbocycles. The molecule has 18 heavy (non-hydrogen) atoms. The third-order valence-corrected chi connectivity index (χ3v) is 3.35. The minimum absolute atomic E-state index is 0.0269. The van der Waals surface area contributed by atoms with Gasteiger partial charge in [0.1, 0.15) is 5.82 Å². The van der Waals surface area contributed by atoms with Crippen LogP contribution in [-0.4, -0.2) is 9.78 Å². The number of nitrogens with two attached hydrogens (primary N) is 1. The average Bonchev–Trinajstić information content (AvgIpc) is 2.63. The van der Waals surface area contributed by atoms with Crippen LogP contribution in [0.1, 0.15) is 32.0 Å². The number of hydrogen-bond donors (Lipinski definition) is 1. The van der Waals surface area contributed by atoms with Gasteiger partial charge in [0.25, 0.3) is 0 Å². The third kappa shape index (κ3) is 2.93. The highest BCUT2D eigenvalue weighted by Gasteiger charge is 2.18. The summed E-state index contributed by atoms with van der Waals surface area (Å²) >= 11 is 3.43. The molecule has 2 rings (SSSR count). The lowest BCUT2D eigenvalue weighted by Crippen LogP contribution is -2.13. The molecule has 0 amide bonds. The van der Waals surface area contributed by atoms with E-state index in [2.05, 4.69) is 53.9 Å². The number of anilines is 1. The van der Waals surface area contributed by atoms with Crippen molar-refractivity contribution in [2.45, 2.75) is 32.7 Å². The Kier molecular flexibility index (Phi) is 3.48. The predicted molar refractivity (Wildman–Crippen MR) is 78.6 cm³/mol. The first kappa shape index (κ1) is 13.1. The maximum absolute atomic E-state index is 6.01. The standard InChI is InChI=1S/C14H18BrN3/c1-14(2,3)12-8-13(16)18(17-12)9-10-4-6-11(15)7-5-10/h4-8H,9,16H2,1-3H3. The molecule has 0 aliphatic rings. The summed E-state index contributed by atoms with van der Waals surface area (Å²) in [7, 11) is 0. The Morgan fingerprint density at radius 1 is 1.22 bits per heavy atom. The highest BCUT2D eigenvalue weighted by atomic mass is 79.9. The molecule has 1 aromatic carbocycles. The number of nitrogens with zero attached hydrogens (tertiary/aromatic N) is 2. The van der Waals surface area contributed by atoms with Gasteiger partial charge < -0.3 is 5.73 Å². The molecule has 4 heteroatoms. The van der Waals surface area contributed by atoms with Crippen molar-refractivity contribution in [3.05, 3.63) is 46.1 Å². The SMILES string of the molecule is CC(C)(C)c1cc(N)n(Cc2ccc(Br)cc2)n1. The van der Waals surface area contributed by atoms with Gasteiger partial charge in [0.2, 0.25) is 0 Å². The zero-order chi connectivity index (χ0) is 13.3. The van der Waals surface area contributed by atoms with Crippen LogP contribution in [-0.2, 0) is 12.0 Å². The second-order valence-corrected chi connectivity index (χ2v) is 6.40. The van der Waals surface area contributed by atoms with Crippen LogP contribution in [0.5, 0.6) is 0 Å². The summed E-state index contributed by atoms with van der Waals surface area (Å²) in [6, 6.07) is 10.2. The van der Waals surface area contributed by atoms with Crippen LogP contribution in [0, 0.1) is 0 Å². The summed E-state index contributed by atoms with van der Waals surface area (Å²) in [6.45, 7) is 7.12. The van der Waals surface area contributed by atoms with Gasteiger partial charge in [0.05, 0.1) is 12.2 Å². The fraction of sp³-hybridized carbons (Fsp3) is 0.357. The molecule has 3 nitrogen and oxygen atoms in total. The Bertz CT molecular complexity index is 535. The van der Waals surface area contributed by atoms with Gasteiger partial charge in [-0.15, -0.1) is 0 Å². The van der Waals surface area contributed by atoms with Crippen molar-refractivity contribution in [3.63, 3.8) is 0 Å². The van der Waals surface area contributed by atoms with Gasteiger partial charge in [-0.05, 0) is 17.7 Å². The summed E-state index contributed by atoms with van der Waals surface area (Å²) in [6.07, 6.45) is 0. The summed E-state index contributed by atoms with van der Waals surface area (Å²) in [5, 5.41) is 4.58. The largest absolute Gasteiger partial charge is 0.384 e. The van der Waals surface area contributed by atoms with E-state index < -0.39 is 0 Å². The summed E-state index contributed by atoms with van der Waals surface area (Å²) in [5.41, 5.74) is 8.25. The van der Waals surface area contributed by atoms with Crippen LogP contribution in [0.25, 0.3) is 0 Å². The lowest BCUT2D eigenvalue weighted by Gasteiger charge is -2.14. The molecule has 0 spiro atoms. The molecular weight excluding hydrogens is 290 g/mol. The molecule has 96 valence electrons. The molecule has 2 N–H and O–H groups in total. The van der Waals surface area contributed by atoms with Gasteiger partial charge in [-0.2, -0.15) is 5.10 Å². The molecule has 1 heterocycles. The van der Waals surface area contributed by atoms with Gasteiger partial charge in [0.15, 0.2) is 0 Å². The van der Waals surface area contributed by atoms with Crippen LogP contribution in [0.15, 0.2) is 34.8 Å². The molecule has 0 saturated heterocycles. The number of aromatic nitrogens is 2. The predicted octanol–water partition coefficient (Wildman–Crippen LogP) is 3.57. The van der Waals surface area contributed by atoms with Crippen molar-refractivity contribution in [1.29, 1.82) is 0 Å². The summed E-state index contributed by atoms with van der Waals surface area (Å²) in [4.78, 5) is 0. The molecule has 0 radical (unpaired) electrons. The molecule has 0 fully saturated rings. The van der Waals surface area contributed by atoms with E-state index in [1.165, 1.54) is 5.56 Å². The fourth-order valence-electron chi connectivity index (χ4n) is 1.69. The molecule has 0 aliphatic heterocycles. The Balaban J connectivity index is 2.24. The van der Waals surface area contributed by atoms with E-state index in [0.717, 1.165) is 10.2 Å². The second kappa shape index (κ2) is 4.76. The van der Waals surface area contributed by atoms with Crippen molar-refractivity contribution in [1.82, 2.24) is 9.78 Å². The van der Waals surface area contributed by atoms with Crippen molar-refractivity contribution >= 4 is 21.7 Å². The van der Waals surface area contributed by atoms with Crippen LogP contribution in [0.3, 0.4) is 0 Å². The minimum Gasteiger partial charge on any atom is -0.384 e. The first-order chi connectivity index (χ1) is 8.36. The minimum atomic E-state index is 0.0269. The quantitative estimate of drug-likeness (QED) is 0.921. The monoisotopic (exact) mass is 307 g/mol. The van der Waals surface area contributed by atoms with Crippen molar-refractivity contribution in [3.8, 4) is 0 Å². The van der Waals surface area contributed by atoms with E-state index in [-0.39, 0.29) is 5.41 Å². The van der Waals surface area contributed by atoms with Crippen LogP contribution < -0.4 is 5.73 Å². The summed E-state index contributed by atoms with van der Waals surface area (Å²) in [5.74, 6) is 0.711. The molecule has 0 unspecified atom stereocenters. The van der Waals surface area contributed by atoms with E-state index in [9.17, 15) is 0 Å². The van der Waals surface area contributed by atoms with E-state index in [1.54, 1.807) is 0 Å². The van der Waals surface area contributed by atoms with Gasteiger partial charge in [0, 0.05) is 16.0 Å². The van der Waals surface area contributed by atoms with Gasteiger partial charge in [-0.1, -0.05) is 48.8 Å². The molecule has 0 bridgehead atoms. The number of nitrogen functional groups attached to an aromatic ring is 1. The number of benzene rings is 1. The maximum atomic E-state index is 6.01. The lowest BCUT2D eigenvalue weighted by atomic mass is 9.92. The molecular formula is C14H18BrN3. The number of hydrogen-bond acceptors (Lipinski definition) is 2. The Labute approximate surface area is 116 Å². The van der Waals surface area contributed by atoms with Crippen LogP contribution >= 0.6 is 15.9 Å². The highest BCUT2D eigenvalue weighted by Crippen LogP contribution is 2.23. The Hall–Kier alpha value is -1.29. The first-order valence-electron chi connectivity index (χ1n) is 5.94. The highest BCUT2D eigenvalue weighted by molar-refractivity contribution is 9.10. The van der Waals surface area contributed by atoms with Crippen molar-refractivity contribution < 1.29 is 0 Å². The van der Waals surface area contributed by atoms with E-state index in [4.69, 9.17) is 5.73 Å². The van der Waals surface area contributed by atoms with Crippen molar-refractivity contribution in [2.75, 3.05) is 5.73 Å². The first-order valence-corrected chi connectivity index (χ1v) is 6.74. The number of halogens is 1. The van der Waals surface area contributed by atoms with Gasteiger partial charge in [-0.3, -0.25) is 0 Å². The zero-order valence-corrected chi connectivity index (χ0v) is 12.5. The smallest absolute Gasteiger partial charge is 0.122 e. The molecule has 0 atom stereocenters. The van der Waals surface area contributed by atoms with Crippen LogP contribution in [0.4, 0.5) is 5.82 Å². The fourth-order valence-corrected chi connectivity index (χ4v) is 1.95. The zero-order valence-electron chi connectivity index (χ0n) is 10.9. The van der Waals surface area contributed by atoms with Gasteiger partial charge >= 0.3 is 0 Å². The molecule has 2 aromatic rings. The second-order valence-electron chi connectivity index (χ2n) is 5.49. The molecule has 1 aromatic heterocycles. The summed E-state index contributed by atoms with van der Waals surface area (Å²) < 4.78 is 2.93. The van der Waals surface area contributed by atoms with E-state index >= 15 is 0 Å². The Morgan fingerprint density at radius 3 is 2.33 bits per heavy atom. The Morgan fingerprint density at radius 2 is 1.83 bits per heavy atom. The number of rotatable bonds is 2. The average molecular weight is 308 g/mol. The van der Waals surface area contributed by atoms with Crippen LogP contribution in [0.2, 0.25) is 0 Å². The van der Waals surface area contributed by atoms with Crippen molar-refractivity contribution in [2.24, 2.45) is 0 Å². The maximum Gasteiger partial charge on any atom is 0.122 e. The van der Waals surface area contributed by atoms with E-state index in [0.29, 0.717) is 12.4 Å². The topological polar surface area (TPSA) is 43.8 Å².